The number of esters is 2. The molecule has 1 aromatic carbocycles. The molecule has 0 unspecified atom stereocenters. The first-order valence-electron chi connectivity index (χ1n) is 9.47. The number of ether oxygens (including phenoxy) is 2. The molecule has 0 aliphatic rings. The van der Waals surface area contributed by atoms with Crippen molar-refractivity contribution in [3.05, 3.63) is 57.9 Å². The molecule has 2 aromatic rings. The Balaban J connectivity index is 1.98. The zero-order valence-corrected chi connectivity index (χ0v) is 17.8. The van der Waals surface area contributed by atoms with Crippen molar-refractivity contribution in [3.63, 3.8) is 0 Å². The summed E-state index contributed by atoms with van der Waals surface area (Å²) < 4.78 is 10.4. The number of amides is 1. The number of nitrogens with zero attached hydrogens (tertiary/aromatic N) is 1. The van der Waals surface area contributed by atoms with E-state index in [1.807, 2.05) is 31.2 Å². The maximum Gasteiger partial charge on any atom is 0.355 e. The summed E-state index contributed by atoms with van der Waals surface area (Å²) >= 11 is 0. The van der Waals surface area contributed by atoms with Gasteiger partial charge in [0.05, 0.1) is 11.7 Å². The number of rotatable bonds is 7. The third-order valence-corrected chi connectivity index (χ3v) is 4.48. The van der Waals surface area contributed by atoms with Crippen molar-refractivity contribution in [2.75, 3.05) is 13.7 Å². The van der Waals surface area contributed by atoms with Crippen LogP contribution in [-0.4, -0.2) is 47.5 Å². The predicted octanol–water partition coefficient (Wildman–Crippen LogP) is 3.32. The Bertz CT molecular complexity index is 897. The Morgan fingerprint density at radius 1 is 1.03 bits per heavy atom. The molecule has 0 saturated carbocycles. The molecule has 0 radical (unpaired) electrons. The van der Waals surface area contributed by atoms with Gasteiger partial charge in [-0.05, 0) is 45.7 Å². The fourth-order valence-corrected chi connectivity index (χ4v) is 2.90. The smallest absolute Gasteiger partial charge is 0.355 e. The van der Waals surface area contributed by atoms with Gasteiger partial charge in [-0.1, -0.05) is 29.8 Å². The van der Waals surface area contributed by atoms with Crippen molar-refractivity contribution in [3.8, 4) is 0 Å². The normalized spacial score (nSPS) is 10.7. The standard InChI is InChI=1S/C22H28N2O5/c1-13(2)29-21(26)19-15(4)20(23-16(19)5)22(27)28-12-18(25)24(6)11-17-9-7-14(3)8-10-17/h7-10,13,23H,11-12H2,1-6H3. The summed E-state index contributed by atoms with van der Waals surface area (Å²) in [5.74, 6) is -1.51. The van der Waals surface area contributed by atoms with E-state index in [9.17, 15) is 14.4 Å². The number of hydrogen-bond donors (Lipinski definition) is 1. The van der Waals surface area contributed by atoms with Crippen molar-refractivity contribution >= 4 is 17.8 Å². The topological polar surface area (TPSA) is 88.7 Å². The quantitative estimate of drug-likeness (QED) is 0.720. The fraction of sp³-hybridized carbons (Fsp3) is 0.409. The van der Waals surface area contributed by atoms with E-state index < -0.39 is 11.9 Å². The van der Waals surface area contributed by atoms with Crippen LogP contribution in [0.15, 0.2) is 24.3 Å². The van der Waals surface area contributed by atoms with Gasteiger partial charge in [0.2, 0.25) is 0 Å². The number of aromatic nitrogens is 1. The lowest BCUT2D eigenvalue weighted by Crippen LogP contribution is -2.31. The van der Waals surface area contributed by atoms with Crippen LogP contribution in [0.4, 0.5) is 0 Å². The average molecular weight is 400 g/mol. The number of hydrogen-bond acceptors (Lipinski definition) is 5. The minimum atomic E-state index is -0.689. The maximum absolute atomic E-state index is 12.4. The van der Waals surface area contributed by atoms with Gasteiger partial charge in [-0.25, -0.2) is 9.59 Å². The fourth-order valence-electron chi connectivity index (χ4n) is 2.90. The van der Waals surface area contributed by atoms with Crippen molar-refractivity contribution in [2.24, 2.45) is 0 Å². The Hall–Kier alpha value is -3.09. The SMILES string of the molecule is Cc1ccc(CN(C)C(=O)COC(=O)c2[nH]c(C)c(C(=O)OC(C)C)c2C)cc1. The lowest BCUT2D eigenvalue weighted by atomic mass is 10.1. The van der Waals surface area contributed by atoms with Crippen LogP contribution in [0.2, 0.25) is 0 Å². The molecule has 2 rings (SSSR count). The summed E-state index contributed by atoms with van der Waals surface area (Å²) in [6, 6.07) is 7.86. The van der Waals surface area contributed by atoms with Crippen molar-refractivity contribution < 1.29 is 23.9 Å². The monoisotopic (exact) mass is 400 g/mol. The molecular weight excluding hydrogens is 372 g/mol. The Kier molecular flexibility index (Phi) is 7.20. The van der Waals surface area contributed by atoms with Gasteiger partial charge in [-0.2, -0.15) is 0 Å². The zero-order valence-electron chi connectivity index (χ0n) is 17.8. The van der Waals surface area contributed by atoms with E-state index in [0.717, 1.165) is 11.1 Å². The van der Waals surface area contributed by atoms with Gasteiger partial charge in [0.15, 0.2) is 6.61 Å². The first-order chi connectivity index (χ1) is 13.6. The van der Waals surface area contributed by atoms with Gasteiger partial charge in [-0.15, -0.1) is 0 Å². The first-order valence-corrected chi connectivity index (χ1v) is 9.47. The van der Waals surface area contributed by atoms with Crippen molar-refractivity contribution in [1.82, 2.24) is 9.88 Å². The van der Waals surface area contributed by atoms with Gasteiger partial charge < -0.3 is 19.4 Å². The molecule has 0 aliphatic carbocycles. The molecule has 1 amide bonds. The predicted molar refractivity (Wildman–Crippen MR) is 109 cm³/mol. The molecular formula is C22H28N2O5. The highest BCUT2D eigenvalue weighted by atomic mass is 16.5. The van der Waals surface area contributed by atoms with Gasteiger partial charge in [0.1, 0.15) is 5.69 Å². The molecule has 0 spiro atoms. The molecule has 0 atom stereocenters. The number of aryl methyl sites for hydroxylation is 2. The van der Waals surface area contributed by atoms with Gasteiger partial charge in [0, 0.05) is 19.3 Å². The molecule has 1 N–H and O–H groups in total. The highest BCUT2D eigenvalue weighted by Gasteiger charge is 2.25. The molecule has 29 heavy (non-hydrogen) atoms. The lowest BCUT2D eigenvalue weighted by molar-refractivity contribution is -0.133. The van der Waals surface area contributed by atoms with Crippen LogP contribution < -0.4 is 0 Å². The molecule has 7 heteroatoms. The van der Waals surface area contributed by atoms with Crippen molar-refractivity contribution in [1.29, 1.82) is 0 Å². The van der Waals surface area contributed by atoms with Crippen LogP contribution >= 0.6 is 0 Å². The summed E-state index contributed by atoms with van der Waals surface area (Å²) in [7, 11) is 1.65. The molecule has 0 aliphatic heterocycles. The minimum Gasteiger partial charge on any atom is -0.459 e. The number of carbonyl (C=O) groups excluding carboxylic acids is 3. The second-order valence-electron chi connectivity index (χ2n) is 7.39. The molecule has 0 saturated heterocycles. The van der Waals surface area contributed by atoms with Gasteiger partial charge >= 0.3 is 11.9 Å². The number of carbonyl (C=O) groups is 3. The summed E-state index contributed by atoms with van der Waals surface area (Å²) in [4.78, 5) is 41.3. The van der Waals surface area contributed by atoms with Gasteiger partial charge in [0.25, 0.3) is 5.91 Å². The molecule has 1 heterocycles. The Morgan fingerprint density at radius 3 is 2.24 bits per heavy atom. The largest absolute Gasteiger partial charge is 0.459 e. The van der Waals surface area contributed by atoms with Crippen LogP contribution in [-0.2, 0) is 20.8 Å². The van der Waals surface area contributed by atoms with Crippen LogP contribution in [0.3, 0.4) is 0 Å². The van der Waals surface area contributed by atoms with Crippen LogP contribution in [0, 0.1) is 20.8 Å². The van der Waals surface area contributed by atoms with E-state index in [1.165, 1.54) is 4.90 Å². The number of nitrogens with one attached hydrogen (secondary N) is 1. The van der Waals surface area contributed by atoms with Crippen molar-refractivity contribution in [2.45, 2.75) is 47.3 Å². The number of H-pyrrole nitrogens is 1. The molecule has 0 fully saturated rings. The second kappa shape index (κ2) is 9.41. The van der Waals surface area contributed by atoms with Crippen LogP contribution in [0.1, 0.15) is 57.1 Å². The Labute approximate surface area is 171 Å². The number of benzene rings is 1. The maximum atomic E-state index is 12.4. The molecule has 1 aromatic heterocycles. The first kappa shape index (κ1) is 22.2. The second-order valence-corrected chi connectivity index (χ2v) is 7.39. The van der Waals surface area contributed by atoms with Crippen LogP contribution in [0.5, 0.6) is 0 Å². The van der Waals surface area contributed by atoms with E-state index in [-0.39, 0.29) is 24.3 Å². The van der Waals surface area contributed by atoms with E-state index >= 15 is 0 Å². The summed E-state index contributed by atoms with van der Waals surface area (Å²) in [5, 5.41) is 0. The zero-order chi connectivity index (χ0) is 21.7. The molecule has 7 nitrogen and oxygen atoms in total. The minimum absolute atomic E-state index is 0.146. The van der Waals surface area contributed by atoms with E-state index in [1.54, 1.807) is 34.7 Å². The van der Waals surface area contributed by atoms with E-state index in [0.29, 0.717) is 23.4 Å². The third-order valence-electron chi connectivity index (χ3n) is 4.48. The number of likely N-dealkylation sites (N-methyl/N-ethyl adjacent to an activating group) is 1. The summed E-state index contributed by atoms with van der Waals surface area (Å²) in [6.45, 7) is 8.86. The third kappa shape index (κ3) is 5.70. The van der Waals surface area contributed by atoms with E-state index in [2.05, 4.69) is 4.98 Å². The number of aromatic amines is 1. The Morgan fingerprint density at radius 2 is 1.66 bits per heavy atom. The summed E-state index contributed by atoms with van der Waals surface area (Å²) in [5.41, 5.74) is 3.55. The lowest BCUT2D eigenvalue weighted by Gasteiger charge is -2.17. The highest BCUT2D eigenvalue weighted by Crippen LogP contribution is 2.20. The molecule has 0 bridgehead atoms. The van der Waals surface area contributed by atoms with Crippen LogP contribution in [0.25, 0.3) is 0 Å². The van der Waals surface area contributed by atoms with Gasteiger partial charge in [-0.3, -0.25) is 4.79 Å². The average Bonchev–Trinajstić information content (AvgIpc) is 2.95. The summed E-state index contributed by atoms with van der Waals surface area (Å²) in [6.07, 6.45) is -0.270. The van der Waals surface area contributed by atoms with E-state index in [4.69, 9.17) is 9.47 Å². The molecule has 156 valence electrons. The highest BCUT2D eigenvalue weighted by molar-refractivity contribution is 5.99.